The third kappa shape index (κ3) is 4.29. The summed E-state index contributed by atoms with van der Waals surface area (Å²) in [5, 5.41) is 0. The lowest BCUT2D eigenvalue weighted by molar-refractivity contribution is 0.195. The summed E-state index contributed by atoms with van der Waals surface area (Å²) >= 11 is 0. The first kappa shape index (κ1) is 16.5. The Morgan fingerprint density at radius 3 is 2.52 bits per heavy atom. The molecule has 0 aliphatic carbocycles. The van der Waals surface area contributed by atoms with Crippen LogP contribution in [-0.4, -0.2) is 49.6 Å². The first-order valence-corrected chi connectivity index (χ1v) is 8.24. The fraction of sp³-hybridized carbons (Fsp3) is 0.667. The lowest BCUT2D eigenvalue weighted by Gasteiger charge is -2.32. The predicted molar refractivity (Wildman–Crippen MR) is 90.4 cm³/mol. The van der Waals surface area contributed by atoms with Gasteiger partial charge in [-0.3, -0.25) is 0 Å². The number of likely N-dealkylation sites (N-methyl/N-ethyl adjacent to an activating group) is 1. The van der Waals surface area contributed by atoms with E-state index in [0.29, 0.717) is 6.04 Å². The number of rotatable bonds is 6. The minimum absolute atomic E-state index is 0.0834. The highest BCUT2D eigenvalue weighted by Crippen LogP contribution is 2.21. The van der Waals surface area contributed by atoms with E-state index in [1.807, 2.05) is 0 Å². The van der Waals surface area contributed by atoms with Crippen LogP contribution < -0.4 is 5.73 Å². The molecule has 1 aliphatic heterocycles. The second-order valence-corrected chi connectivity index (χ2v) is 6.72. The van der Waals surface area contributed by atoms with E-state index in [9.17, 15) is 0 Å². The minimum Gasteiger partial charge on any atom is -0.323 e. The predicted octanol–water partition coefficient (Wildman–Crippen LogP) is 2.52. The van der Waals surface area contributed by atoms with Crippen LogP contribution in [0.25, 0.3) is 0 Å². The molecule has 3 heteroatoms. The van der Waals surface area contributed by atoms with Crippen LogP contribution in [0.1, 0.15) is 37.4 Å². The lowest BCUT2D eigenvalue weighted by Crippen LogP contribution is -2.41. The molecule has 2 rings (SSSR count). The summed E-state index contributed by atoms with van der Waals surface area (Å²) in [6.07, 6.45) is 2.40. The molecule has 0 spiro atoms. The van der Waals surface area contributed by atoms with E-state index in [4.69, 9.17) is 5.73 Å². The van der Waals surface area contributed by atoms with Crippen molar-refractivity contribution < 1.29 is 0 Å². The Bertz CT molecular complexity index is 429. The maximum absolute atomic E-state index is 6.48. The standard InChI is InChI=1S/C18H31N3/c1-5-15-6-8-17(9-7-15)18(19)14(2)21(4)13-16-10-11-20(3)12-16/h6-9,14,16,18H,5,10-13,19H2,1-4H3. The van der Waals surface area contributed by atoms with Gasteiger partial charge in [0.05, 0.1) is 0 Å². The van der Waals surface area contributed by atoms with Crippen molar-refractivity contribution in [2.45, 2.75) is 38.8 Å². The number of aryl methyl sites for hydroxylation is 1. The fourth-order valence-electron chi connectivity index (χ4n) is 3.28. The summed E-state index contributed by atoms with van der Waals surface area (Å²) in [5.41, 5.74) is 9.10. The van der Waals surface area contributed by atoms with Gasteiger partial charge in [0.25, 0.3) is 0 Å². The molecule has 0 aromatic heterocycles. The van der Waals surface area contributed by atoms with E-state index in [0.717, 1.165) is 18.9 Å². The van der Waals surface area contributed by atoms with Gasteiger partial charge in [0.1, 0.15) is 0 Å². The van der Waals surface area contributed by atoms with Crippen LogP contribution in [0.3, 0.4) is 0 Å². The molecule has 0 bridgehead atoms. The zero-order valence-electron chi connectivity index (χ0n) is 14.0. The Balaban J connectivity index is 1.92. The normalized spacial score (nSPS) is 22.7. The van der Waals surface area contributed by atoms with Crippen LogP contribution in [0.4, 0.5) is 0 Å². The van der Waals surface area contributed by atoms with Crippen LogP contribution in [0.15, 0.2) is 24.3 Å². The van der Waals surface area contributed by atoms with E-state index >= 15 is 0 Å². The second-order valence-electron chi connectivity index (χ2n) is 6.72. The van der Waals surface area contributed by atoms with E-state index < -0.39 is 0 Å². The molecule has 1 aromatic rings. The average Bonchev–Trinajstić information content (AvgIpc) is 2.90. The molecule has 1 heterocycles. The molecule has 118 valence electrons. The zero-order valence-corrected chi connectivity index (χ0v) is 14.0. The summed E-state index contributed by atoms with van der Waals surface area (Å²) in [4.78, 5) is 4.86. The van der Waals surface area contributed by atoms with Crippen LogP contribution in [0, 0.1) is 5.92 Å². The van der Waals surface area contributed by atoms with Crippen molar-refractivity contribution in [3.8, 4) is 0 Å². The molecule has 1 fully saturated rings. The van der Waals surface area contributed by atoms with E-state index in [1.54, 1.807) is 0 Å². The quantitative estimate of drug-likeness (QED) is 0.873. The van der Waals surface area contributed by atoms with E-state index in [2.05, 4.69) is 62.0 Å². The van der Waals surface area contributed by atoms with Crippen LogP contribution in [0.5, 0.6) is 0 Å². The Kier molecular flexibility index (Phi) is 5.80. The van der Waals surface area contributed by atoms with Crippen molar-refractivity contribution in [3.63, 3.8) is 0 Å². The molecule has 1 aromatic carbocycles. The van der Waals surface area contributed by atoms with Gasteiger partial charge in [0, 0.05) is 25.2 Å². The maximum atomic E-state index is 6.48. The van der Waals surface area contributed by atoms with Gasteiger partial charge in [0.2, 0.25) is 0 Å². The van der Waals surface area contributed by atoms with Gasteiger partial charge in [-0.25, -0.2) is 0 Å². The van der Waals surface area contributed by atoms with Gasteiger partial charge in [-0.05, 0) is 57.5 Å². The number of hydrogen-bond donors (Lipinski definition) is 1. The summed E-state index contributed by atoms with van der Waals surface area (Å²) in [6, 6.07) is 9.24. The molecular weight excluding hydrogens is 258 g/mol. The van der Waals surface area contributed by atoms with Crippen molar-refractivity contribution >= 4 is 0 Å². The van der Waals surface area contributed by atoms with E-state index in [-0.39, 0.29) is 6.04 Å². The van der Waals surface area contributed by atoms with Gasteiger partial charge in [-0.2, -0.15) is 0 Å². The third-order valence-electron chi connectivity index (χ3n) is 5.02. The molecule has 0 amide bonds. The average molecular weight is 289 g/mol. The first-order chi connectivity index (χ1) is 10.0. The summed E-state index contributed by atoms with van der Waals surface area (Å²) in [5.74, 6) is 0.789. The highest BCUT2D eigenvalue weighted by Gasteiger charge is 2.25. The highest BCUT2D eigenvalue weighted by molar-refractivity contribution is 5.25. The van der Waals surface area contributed by atoms with Gasteiger partial charge >= 0.3 is 0 Å². The Labute approximate surface area is 130 Å². The van der Waals surface area contributed by atoms with Crippen molar-refractivity contribution in [2.75, 3.05) is 33.7 Å². The van der Waals surface area contributed by atoms with Crippen molar-refractivity contribution in [3.05, 3.63) is 35.4 Å². The van der Waals surface area contributed by atoms with Gasteiger partial charge in [-0.15, -0.1) is 0 Å². The number of benzene rings is 1. The molecule has 0 radical (unpaired) electrons. The Hall–Kier alpha value is -0.900. The number of nitrogens with two attached hydrogens (primary N) is 1. The summed E-state index contributed by atoms with van der Waals surface area (Å²) in [7, 11) is 4.42. The fourth-order valence-corrected chi connectivity index (χ4v) is 3.28. The smallest absolute Gasteiger partial charge is 0.0450 e. The van der Waals surface area contributed by atoms with Crippen LogP contribution in [-0.2, 0) is 6.42 Å². The van der Waals surface area contributed by atoms with Crippen molar-refractivity contribution in [1.29, 1.82) is 0 Å². The number of nitrogens with zero attached hydrogens (tertiary/aromatic N) is 2. The van der Waals surface area contributed by atoms with E-state index in [1.165, 1.54) is 30.6 Å². The van der Waals surface area contributed by atoms with Crippen LogP contribution >= 0.6 is 0 Å². The van der Waals surface area contributed by atoms with Gasteiger partial charge < -0.3 is 15.5 Å². The zero-order chi connectivity index (χ0) is 15.4. The van der Waals surface area contributed by atoms with Crippen LogP contribution in [0.2, 0.25) is 0 Å². The minimum atomic E-state index is 0.0834. The number of likely N-dealkylation sites (tertiary alicyclic amines) is 1. The highest BCUT2D eigenvalue weighted by atomic mass is 15.2. The third-order valence-corrected chi connectivity index (χ3v) is 5.02. The Morgan fingerprint density at radius 2 is 2.00 bits per heavy atom. The second kappa shape index (κ2) is 7.39. The molecule has 1 aliphatic rings. The molecule has 21 heavy (non-hydrogen) atoms. The molecule has 1 saturated heterocycles. The summed E-state index contributed by atoms with van der Waals surface area (Å²) in [6.45, 7) is 8.03. The van der Waals surface area contributed by atoms with Gasteiger partial charge in [-0.1, -0.05) is 31.2 Å². The molecule has 3 nitrogen and oxygen atoms in total. The molecule has 3 unspecified atom stereocenters. The van der Waals surface area contributed by atoms with Crippen molar-refractivity contribution in [2.24, 2.45) is 11.7 Å². The van der Waals surface area contributed by atoms with Gasteiger partial charge in [0.15, 0.2) is 0 Å². The number of hydrogen-bond acceptors (Lipinski definition) is 3. The maximum Gasteiger partial charge on any atom is 0.0450 e. The monoisotopic (exact) mass is 289 g/mol. The SMILES string of the molecule is CCc1ccc(C(N)C(C)N(C)CC2CCN(C)C2)cc1. The molecule has 3 atom stereocenters. The largest absolute Gasteiger partial charge is 0.323 e. The topological polar surface area (TPSA) is 32.5 Å². The molecule has 2 N–H and O–H groups in total. The first-order valence-electron chi connectivity index (χ1n) is 8.24. The molecular formula is C18H31N3. The Morgan fingerprint density at radius 1 is 1.33 bits per heavy atom. The van der Waals surface area contributed by atoms with Crippen molar-refractivity contribution in [1.82, 2.24) is 9.80 Å². The molecule has 0 saturated carbocycles. The lowest BCUT2D eigenvalue weighted by atomic mass is 9.97. The summed E-state index contributed by atoms with van der Waals surface area (Å²) < 4.78 is 0.